The van der Waals surface area contributed by atoms with Crippen molar-refractivity contribution in [3.63, 3.8) is 0 Å². The van der Waals surface area contributed by atoms with Crippen LogP contribution in [0.4, 0.5) is 0 Å². The van der Waals surface area contributed by atoms with Crippen LogP contribution < -0.4 is 0 Å². The average molecular weight is 267 g/mol. The van der Waals surface area contributed by atoms with Gasteiger partial charge in [-0.1, -0.05) is 13.3 Å². The normalized spacial score (nSPS) is 19.8. The zero-order valence-electron chi connectivity index (χ0n) is 10.9. The largest absolute Gasteiger partial charge is 0.481 e. The Balaban J connectivity index is 1.91. The van der Waals surface area contributed by atoms with Crippen LogP contribution >= 0.6 is 11.3 Å². The third-order valence-corrected chi connectivity index (χ3v) is 4.71. The van der Waals surface area contributed by atoms with Crippen molar-refractivity contribution in [1.82, 2.24) is 4.90 Å². The Hall–Kier alpha value is -0.870. The smallest absolute Gasteiger partial charge is 0.309 e. The number of aliphatic carboxylic acids is 1. The highest BCUT2D eigenvalue weighted by Gasteiger charge is 2.40. The Morgan fingerprint density at radius 3 is 2.72 bits per heavy atom. The molecule has 2 heterocycles. The van der Waals surface area contributed by atoms with Gasteiger partial charge in [-0.25, -0.2) is 0 Å². The number of piperidine rings is 1. The molecule has 100 valence electrons. The van der Waals surface area contributed by atoms with Crippen LogP contribution in [0.25, 0.3) is 0 Å². The summed E-state index contributed by atoms with van der Waals surface area (Å²) in [5, 5.41) is 13.7. The Kier molecular flexibility index (Phi) is 4.40. The summed E-state index contributed by atoms with van der Waals surface area (Å²) in [6.45, 7) is 4.85. The predicted octanol–water partition coefficient (Wildman–Crippen LogP) is 3.22. The van der Waals surface area contributed by atoms with Gasteiger partial charge in [0, 0.05) is 6.54 Å². The molecule has 1 aliphatic rings. The molecule has 18 heavy (non-hydrogen) atoms. The van der Waals surface area contributed by atoms with Crippen LogP contribution in [0.15, 0.2) is 16.8 Å². The van der Waals surface area contributed by atoms with Crippen molar-refractivity contribution in [2.24, 2.45) is 5.41 Å². The second-order valence-electron chi connectivity index (χ2n) is 5.24. The first-order valence-electron chi connectivity index (χ1n) is 6.63. The van der Waals surface area contributed by atoms with Gasteiger partial charge in [0.15, 0.2) is 0 Å². The van der Waals surface area contributed by atoms with E-state index < -0.39 is 11.4 Å². The molecule has 1 aromatic rings. The second kappa shape index (κ2) is 5.85. The topological polar surface area (TPSA) is 40.5 Å². The molecule has 4 heteroatoms. The lowest BCUT2D eigenvalue weighted by Crippen LogP contribution is -2.44. The minimum atomic E-state index is -0.598. The molecule has 0 aromatic carbocycles. The number of thiophene rings is 1. The van der Waals surface area contributed by atoms with Gasteiger partial charge in [-0.05, 0) is 54.7 Å². The second-order valence-corrected chi connectivity index (χ2v) is 6.02. The van der Waals surface area contributed by atoms with E-state index in [0.29, 0.717) is 0 Å². The fraction of sp³-hybridized carbons (Fsp3) is 0.643. The molecule has 2 rings (SSSR count). The number of hydrogen-bond donors (Lipinski definition) is 1. The number of hydrogen-bond acceptors (Lipinski definition) is 3. The molecule has 0 bridgehead atoms. The van der Waals surface area contributed by atoms with E-state index in [0.717, 1.165) is 45.3 Å². The fourth-order valence-electron chi connectivity index (χ4n) is 2.83. The first-order chi connectivity index (χ1) is 8.66. The lowest BCUT2D eigenvalue weighted by molar-refractivity contribution is -0.152. The molecule has 0 radical (unpaired) electrons. The van der Waals surface area contributed by atoms with Crippen LogP contribution in [0.3, 0.4) is 0 Å². The maximum absolute atomic E-state index is 11.5. The van der Waals surface area contributed by atoms with Gasteiger partial charge in [-0.2, -0.15) is 11.3 Å². The Morgan fingerprint density at radius 2 is 2.22 bits per heavy atom. The van der Waals surface area contributed by atoms with E-state index in [1.165, 1.54) is 5.56 Å². The number of carbonyl (C=O) groups is 1. The van der Waals surface area contributed by atoms with Gasteiger partial charge in [0.05, 0.1) is 5.41 Å². The highest BCUT2D eigenvalue weighted by Crippen LogP contribution is 2.36. The molecule has 0 unspecified atom stereocenters. The SMILES string of the molecule is CCCC1(C(=O)O)CCN(Cc2ccsc2)CC1. The first-order valence-corrected chi connectivity index (χ1v) is 7.57. The van der Waals surface area contributed by atoms with E-state index >= 15 is 0 Å². The van der Waals surface area contributed by atoms with Crippen LogP contribution in [0.5, 0.6) is 0 Å². The highest BCUT2D eigenvalue weighted by molar-refractivity contribution is 7.07. The quantitative estimate of drug-likeness (QED) is 0.890. The molecule has 1 saturated heterocycles. The first kappa shape index (κ1) is 13.6. The third-order valence-electron chi connectivity index (χ3n) is 3.98. The summed E-state index contributed by atoms with van der Waals surface area (Å²) in [4.78, 5) is 13.8. The fourth-order valence-corrected chi connectivity index (χ4v) is 3.49. The Morgan fingerprint density at radius 1 is 1.50 bits per heavy atom. The lowest BCUT2D eigenvalue weighted by Gasteiger charge is -2.38. The van der Waals surface area contributed by atoms with Crippen LogP contribution in [0.1, 0.15) is 38.2 Å². The molecule has 1 fully saturated rings. The zero-order valence-corrected chi connectivity index (χ0v) is 11.7. The van der Waals surface area contributed by atoms with E-state index in [-0.39, 0.29) is 0 Å². The molecule has 0 aliphatic carbocycles. The van der Waals surface area contributed by atoms with Crippen molar-refractivity contribution in [2.45, 2.75) is 39.2 Å². The zero-order chi connectivity index (χ0) is 13.0. The highest BCUT2D eigenvalue weighted by atomic mass is 32.1. The lowest BCUT2D eigenvalue weighted by atomic mass is 9.75. The van der Waals surface area contributed by atoms with Crippen LogP contribution in [-0.4, -0.2) is 29.1 Å². The van der Waals surface area contributed by atoms with Crippen molar-refractivity contribution >= 4 is 17.3 Å². The summed E-state index contributed by atoms with van der Waals surface area (Å²) >= 11 is 1.72. The van der Waals surface area contributed by atoms with Crippen molar-refractivity contribution in [1.29, 1.82) is 0 Å². The number of nitrogens with zero attached hydrogens (tertiary/aromatic N) is 1. The van der Waals surface area contributed by atoms with E-state index in [2.05, 4.69) is 28.7 Å². The molecule has 3 nitrogen and oxygen atoms in total. The molecule has 0 atom stereocenters. The third kappa shape index (κ3) is 2.93. The predicted molar refractivity (Wildman–Crippen MR) is 73.8 cm³/mol. The van der Waals surface area contributed by atoms with Crippen molar-refractivity contribution < 1.29 is 9.90 Å². The summed E-state index contributed by atoms with van der Waals surface area (Å²) in [5.41, 5.74) is 0.887. The van der Waals surface area contributed by atoms with Gasteiger partial charge in [0.25, 0.3) is 0 Å². The molecular weight excluding hydrogens is 246 g/mol. The van der Waals surface area contributed by atoms with Gasteiger partial charge >= 0.3 is 5.97 Å². The summed E-state index contributed by atoms with van der Waals surface area (Å²) in [6.07, 6.45) is 3.35. The number of carboxylic acids is 1. The molecular formula is C14H21NO2S. The molecule has 1 aliphatic heterocycles. The van der Waals surface area contributed by atoms with Crippen molar-refractivity contribution in [2.75, 3.05) is 13.1 Å². The molecule has 1 aromatic heterocycles. The summed E-state index contributed by atoms with van der Waals surface area (Å²) < 4.78 is 0. The minimum Gasteiger partial charge on any atom is -0.481 e. The Bertz CT molecular complexity index is 381. The van der Waals surface area contributed by atoms with Crippen LogP contribution in [0, 0.1) is 5.41 Å². The van der Waals surface area contributed by atoms with Gasteiger partial charge in [0.2, 0.25) is 0 Å². The summed E-state index contributed by atoms with van der Waals surface area (Å²) in [6, 6.07) is 2.15. The van der Waals surface area contributed by atoms with Gasteiger partial charge in [-0.3, -0.25) is 9.69 Å². The monoisotopic (exact) mass is 267 g/mol. The van der Waals surface area contributed by atoms with Crippen molar-refractivity contribution in [3.05, 3.63) is 22.4 Å². The van der Waals surface area contributed by atoms with Crippen molar-refractivity contribution in [3.8, 4) is 0 Å². The number of likely N-dealkylation sites (tertiary alicyclic amines) is 1. The molecule has 0 spiro atoms. The average Bonchev–Trinajstić information content (AvgIpc) is 2.85. The molecule has 0 saturated carbocycles. The minimum absolute atomic E-state index is 0.458. The van der Waals surface area contributed by atoms with Gasteiger partial charge in [0.1, 0.15) is 0 Å². The molecule has 1 N–H and O–H groups in total. The Labute approximate surface area is 112 Å². The van der Waals surface area contributed by atoms with E-state index in [1.54, 1.807) is 11.3 Å². The van der Waals surface area contributed by atoms with Gasteiger partial charge < -0.3 is 5.11 Å². The van der Waals surface area contributed by atoms with E-state index in [4.69, 9.17) is 0 Å². The number of carboxylic acid groups (broad SMARTS) is 1. The summed E-state index contributed by atoms with van der Waals surface area (Å²) in [5.74, 6) is -0.598. The van der Waals surface area contributed by atoms with E-state index in [9.17, 15) is 9.90 Å². The maximum atomic E-state index is 11.5. The number of rotatable bonds is 5. The summed E-state index contributed by atoms with van der Waals surface area (Å²) in [7, 11) is 0. The maximum Gasteiger partial charge on any atom is 0.309 e. The van der Waals surface area contributed by atoms with Crippen LogP contribution in [-0.2, 0) is 11.3 Å². The van der Waals surface area contributed by atoms with E-state index in [1.807, 2.05) is 0 Å². The standard InChI is InChI=1S/C14H21NO2S/c1-2-4-14(13(16)17)5-7-15(8-6-14)10-12-3-9-18-11-12/h3,9,11H,2,4-8,10H2,1H3,(H,16,17). The van der Waals surface area contributed by atoms with Crippen LogP contribution in [0.2, 0.25) is 0 Å². The molecule has 0 amide bonds. The van der Waals surface area contributed by atoms with Gasteiger partial charge in [-0.15, -0.1) is 0 Å².